The van der Waals surface area contributed by atoms with Gasteiger partial charge in [-0.15, -0.1) is 16.4 Å². The Morgan fingerprint density at radius 1 is 1.30 bits per heavy atom. The predicted octanol–water partition coefficient (Wildman–Crippen LogP) is 3.41. The molecule has 0 fully saturated rings. The van der Waals surface area contributed by atoms with Gasteiger partial charge in [0.05, 0.1) is 9.47 Å². The summed E-state index contributed by atoms with van der Waals surface area (Å²) >= 11 is 5.20. The molecule has 0 bridgehead atoms. The summed E-state index contributed by atoms with van der Waals surface area (Å²) in [5.41, 5.74) is 3.15. The second-order valence-electron chi connectivity index (χ2n) is 4.32. The minimum Gasteiger partial charge on any atom is -0.380 e. The van der Waals surface area contributed by atoms with E-state index < -0.39 is 0 Å². The standard InChI is InChI=1S/C13H12BrN5S/c1-9-2-3-10(6-12(9)19-8-16-17-18-19)15-7-11-4-5-13(14)20-11/h2-6,8,15H,7H2,1H3. The van der Waals surface area contributed by atoms with Gasteiger partial charge in [0.15, 0.2) is 0 Å². The van der Waals surface area contributed by atoms with E-state index in [1.165, 1.54) is 4.88 Å². The molecule has 2 heterocycles. The molecule has 3 rings (SSSR count). The van der Waals surface area contributed by atoms with Gasteiger partial charge in [-0.05, 0) is 63.1 Å². The highest BCUT2D eigenvalue weighted by Gasteiger charge is 2.05. The molecule has 3 aromatic rings. The third kappa shape index (κ3) is 2.88. The van der Waals surface area contributed by atoms with Crippen LogP contribution in [0.15, 0.2) is 40.4 Å². The van der Waals surface area contributed by atoms with Crippen molar-refractivity contribution in [2.24, 2.45) is 0 Å². The molecule has 0 saturated carbocycles. The Balaban J connectivity index is 1.79. The summed E-state index contributed by atoms with van der Waals surface area (Å²) < 4.78 is 2.81. The second-order valence-corrected chi connectivity index (χ2v) is 6.86. The van der Waals surface area contributed by atoms with Crippen molar-refractivity contribution in [2.45, 2.75) is 13.5 Å². The minimum absolute atomic E-state index is 0.800. The van der Waals surface area contributed by atoms with Crippen LogP contribution in [0.4, 0.5) is 5.69 Å². The van der Waals surface area contributed by atoms with Crippen LogP contribution in [0, 0.1) is 6.92 Å². The Hall–Kier alpha value is -1.73. The number of nitrogens with zero attached hydrogens (tertiary/aromatic N) is 4. The molecule has 0 amide bonds. The van der Waals surface area contributed by atoms with E-state index in [0.29, 0.717) is 0 Å². The molecule has 102 valence electrons. The minimum atomic E-state index is 0.800. The van der Waals surface area contributed by atoms with E-state index in [9.17, 15) is 0 Å². The molecule has 0 aliphatic heterocycles. The van der Waals surface area contributed by atoms with E-state index in [4.69, 9.17) is 0 Å². The lowest BCUT2D eigenvalue weighted by Crippen LogP contribution is -2.02. The highest BCUT2D eigenvalue weighted by atomic mass is 79.9. The van der Waals surface area contributed by atoms with Crippen molar-refractivity contribution in [3.63, 3.8) is 0 Å². The third-order valence-corrected chi connectivity index (χ3v) is 4.52. The van der Waals surface area contributed by atoms with Crippen LogP contribution in [0.25, 0.3) is 5.69 Å². The Labute approximate surface area is 128 Å². The molecule has 0 aliphatic rings. The van der Waals surface area contributed by atoms with Gasteiger partial charge in [-0.3, -0.25) is 0 Å². The smallest absolute Gasteiger partial charge is 0.143 e. The molecule has 5 nitrogen and oxygen atoms in total. The van der Waals surface area contributed by atoms with Gasteiger partial charge in [0, 0.05) is 17.1 Å². The number of thiophene rings is 1. The van der Waals surface area contributed by atoms with Gasteiger partial charge in [-0.25, -0.2) is 4.68 Å². The van der Waals surface area contributed by atoms with Gasteiger partial charge in [0.2, 0.25) is 0 Å². The van der Waals surface area contributed by atoms with Gasteiger partial charge in [-0.1, -0.05) is 6.07 Å². The monoisotopic (exact) mass is 349 g/mol. The average Bonchev–Trinajstić information content (AvgIpc) is 3.09. The van der Waals surface area contributed by atoms with Crippen molar-refractivity contribution in [2.75, 3.05) is 5.32 Å². The number of anilines is 1. The fourth-order valence-corrected chi connectivity index (χ4v) is 3.30. The number of halogens is 1. The zero-order valence-corrected chi connectivity index (χ0v) is 13.1. The lowest BCUT2D eigenvalue weighted by Gasteiger charge is -2.09. The van der Waals surface area contributed by atoms with Gasteiger partial charge in [0.25, 0.3) is 0 Å². The lowest BCUT2D eigenvalue weighted by molar-refractivity contribution is 0.785. The Morgan fingerprint density at radius 3 is 2.90 bits per heavy atom. The SMILES string of the molecule is Cc1ccc(NCc2ccc(Br)s2)cc1-n1cnnn1. The maximum atomic E-state index is 3.93. The first-order chi connectivity index (χ1) is 9.72. The molecule has 0 unspecified atom stereocenters. The van der Waals surface area contributed by atoms with E-state index in [1.54, 1.807) is 22.3 Å². The molecule has 1 N–H and O–H groups in total. The zero-order valence-electron chi connectivity index (χ0n) is 10.7. The number of hydrogen-bond donors (Lipinski definition) is 1. The molecular weight excluding hydrogens is 338 g/mol. The Kier molecular flexibility index (Phi) is 3.79. The molecule has 0 atom stereocenters. The number of benzene rings is 1. The van der Waals surface area contributed by atoms with Crippen molar-refractivity contribution in [1.82, 2.24) is 20.2 Å². The van der Waals surface area contributed by atoms with E-state index in [2.05, 4.69) is 61.0 Å². The number of aryl methyl sites for hydroxylation is 1. The number of rotatable bonds is 4. The highest BCUT2D eigenvalue weighted by Crippen LogP contribution is 2.24. The number of tetrazole rings is 1. The topological polar surface area (TPSA) is 55.6 Å². The fourth-order valence-electron chi connectivity index (χ4n) is 1.87. The fraction of sp³-hybridized carbons (Fsp3) is 0.154. The van der Waals surface area contributed by atoms with E-state index in [1.807, 2.05) is 13.0 Å². The highest BCUT2D eigenvalue weighted by molar-refractivity contribution is 9.11. The van der Waals surface area contributed by atoms with E-state index >= 15 is 0 Å². The summed E-state index contributed by atoms with van der Waals surface area (Å²) in [7, 11) is 0. The van der Waals surface area contributed by atoms with Crippen LogP contribution >= 0.6 is 27.3 Å². The lowest BCUT2D eigenvalue weighted by atomic mass is 10.2. The van der Waals surface area contributed by atoms with Crippen LogP contribution < -0.4 is 5.32 Å². The summed E-state index contributed by atoms with van der Waals surface area (Å²) in [4.78, 5) is 1.28. The van der Waals surface area contributed by atoms with Crippen LogP contribution in [0.3, 0.4) is 0 Å². The number of nitrogens with one attached hydrogen (secondary N) is 1. The molecule has 7 heteroatoms. The molecule has 0 aliphatic carbocycles. The van der Waals surface area contributed by atoms with Crippen LogP contribution in [-0.2, 0) is 6.54 Å². The van der Waals surface area contributed by atoms with E-state index in [-0.39, 0.29) is 0 Å². The number of aromatic nitrogens is 4. The summed E-state index contributed by atoms with van der Waals surface area (Å²) in [5, 5.41) is 14.7. The molecular formula is C13H12BrN5S. The maximum absolute atomic E-state index is 3.93. The molecule has 0 radical (unpaired) electrons. The third-order valence-electron chi connectivity index (χ3n) is 2.90. The number of hydrogen-bond acceptors (Lipinski definition) is 5. The first-order valence-corrected chi connectivity index (χ1v) is 7.65. The van der Waals surface area contributed by atoms with Gasteiger partial charge in [-0.2, -0.15) is 0 Å². The van der Waals surface area contributed by atoms with Crippen molar-refractivity contribution in [3.8, 4) is 5.69 Å². The van der Waals surface area contributed by atoms with E-state index in [0.717, 1.165) is 27.3 Å². The van der Waals surface area contributed by atoms with Gasteiger partial charge in [0.1, 0.15) is 6.33 Å². The average molecular weight is 350 g/mol. The van der Waals surface area contributed by atoms with Crippen molar-refractivity contribution in [1.29, 1.82) is 0 Å². The van der Waals surface area contributed by atoms with Gasteiger partial charge < -0.3 is 5.32 Å². The summed E-state index contributed by atoms with van der Waals surface area (Å²) in [6.07, 6.45) is 1.60. The predicted molar refractivity (Wildman–Crippen MR) is 83.2 cm³/mol. The normalized spacial score (nSPS) is 10.7. The van der Waals surface area contributed by atoms with Crippen LogP contribution in [0.5, 0.6) is 0 Å². The molecule has 0 saturated heterocycles. The molecule has 0 spiro atoms. The molecule has 1 aromatic carbocycles. The largest absolute Gasteiger partial charge is 0.380 e. The van der Waals surface area contributed by atoms with Crippen LogP contribution in [0.2, 0.25) is 0 Å². The Bertz CT molecular complexity index is 707. The quantitative estimate of drug-likeness (QED) is 0.784. The van der Waals surface area contributed by atoms with Crippen LogP contribution in [-0.4, -0.2) is 20.2 Å². The Morgan fingerprint density at radius 2 is 2.20 bits per heavy atom. The second kappa shape index (κ2) is 5.72. The van der Waals surface area contributed by atoms with Crippen molar-refractivity contribution >= 4 is 33.0 Å². The molecule has 20 heavy (non-hydrogen) atoms. The van der Waals surface area contributed by atoms with Gasteiger partial charge >= 0.3 is 0 Å². The maximum Gasteiger partial charge on any atom is 0.143 e. The first-order valence-electron chi connectivity index (χ1n) is 6.04. The van der Waals surface area contributed by atoms with Crippen molar-refractivity contribution in [3.05, 3.63) is 50.9 Å². The summed E-state index contributed by atoms with van der Waals surface area (Å²) in [6.45, 7) is 2.84. The summed E-state index contributed by atoms with van der Waals surface area (Å²) in [6, 6.07) is 10.3. The van der Waals surface area contributed by atoms with Crippen molar-refractivity contribution < 1.29 is 0 Å². The van der Waals surface area contributed by atoms with Crippen LogP contribution in [0.1, 0.15) is 10.4 Å². The summed E-state index contributed by atoms with van der Waals surface area (Å²) in [5.74, 6) is 0. The first kappa shape index (κ1) is 13.3. The zero-order chi connectivity index (χ0) is 13.9. The molecule has 2 aromatic heterocycles.